The molecule has 0 aromatic carbocycles. The van der Waals surface area contributed by atoms with Crippen molar-refractivity contribution in [2.75, 3.05) is 44.2 Å². The maximum atomic E-state index is 12.8. The summed E-state index contributed by atoms with van der Waals surface area (Å²) in [6.45, 7) is 12.5. The third-order valence-electron chi connectivity index (χ3n) is 8.88. The van der Waals surface area contributed by atoms with Gasteiger partial charge in [0.05, 0.1) is 16.9 Å². The number of piperidine rings is 1. The molecule has 2 aliphatic heterocycles. The van der Waals surface area contributed by atoms with E-state index in [1.165, 1.54) is 30.6 Å². The first-order valence-corrected chi connectivity index (χ1v) is 14.2. The Balaban J connectivity index is 1.15. The molecule has 7 heteroatoms. The molecule has 0 spiro atoms. The van der Waals surface area contributed by atoms with Gasteiger partial charge in [-0.2, -0.15) is 5.10 Å². The molecular weight excluding hydrogens is 460 g/mol. The molecule has 6 rings (SSSR count). The van der Waals surface area contributed by atoms with Crippen LogP contribution < -0.4 is 4.90 Å². The third-order valence-corrected chi connectivity index (χ3v) is 8.88. The molecule has 3 aromatic rings. The molecule has 1 amide bonds. The summed E-state index contributed by atoms with van der Waals surface area (Å²) < 4.78 is 1.97. The Morgan fingerprint density at radius 3 is 2.57 bits per heavy atom. The SMILES string of the molecule is CC(C)N1CCC[C@H](c2ccc(-c3cc4c(N5CCN(C(=O)[C@H]6C[C@H](C)C6)CC5)ccnn4c3)nc2)C1. The first-order valence-electron chi connectivity index (χ1n) is 14.2. The van der Waals surface area contributed by atoms with E-state index in [1.54, 1.807) is 0 Å². The van der Waals surface area contributed by atoms with E-state index in [0.717, 1.165) is 62.3 Å². The predicted molar refractivity (Wildman–Crippen MR) is 148 cm³/mol. The van der Waals surface area contributed by atoms with Gasteiger partial charge in [0.2, 0.25) is 5.91 Å². The molecule has 0 unspecified atom stereocenters. The molecule has 3 fully saturated rings. The van der Waals surface area contributed by atoms with Crippen LogP contribution in [-0.2, 0) is 4.79 Å². The fraction of sp³-hybridized carbons (Fsp3) is 0.567. The van der Waals surface area contributed by atoms with Crippen molar-refractivity contribution in [2.24, 2.45) is 11.8 Å². The topological polar surface area (TPSA) is 57.0 Å². The number of fused-ring (bicyclic) bond motifs is 1. The molecule has 3 aromatic heterocycles. The molecule has 196 valence electrons. The Morgan fingerprint density at radius 2 is 1.86 bits per heavy atom. The van der Waals surface area contributed by atoms with Crippen LogP contribution in [0.25, 0.3) is 16.8 Å². The number of rotatable bonds is 5. The van der Waals surface area contributed by atoms with E-state index in [-0.39, 0.29) is 5.92 Å². The molecule has 3 aliphatic rings. The normalized spacial score (nSPS) is 25.0. The second kappa shape index (κ2) is 10.1. The summed E-state index contributed by atoms with van der Waals surface area (Å²) in [5.41, 5.74) is 5.70. The van der Waals surface area contributed by atoms with Gasteiger partial charge < -0.3 is 14.7 Å². The van der Waals surface area contributed by atoms with Crippen molar-refractivity contribution in [1.82, 2.24) is 24.4 Å². The largest absolute Gasteiger partial charge is 0.366 e. The van der Waals surface area contributed by atoms with Gasteiger partial charge in [0.1, 0.15) is 0 Å². The molecule has 37 heavy (non-hydrogen) atoms. The van der Waals surface area contributed by atoms with Crippen LogP contribution in [0.4, 0.5) is 5.69 Å². The highest BCUT2D eigenvalue weighted by molar-refractivity contribution is 5.81. The Kier molecular flexibility index (Phi) is 6.65. The van der Waals surface area contributed by atoms with Crippen LogP contribution in [0.2, 0.25) is 0 Å². The van der Waals surface area contributed by atoms with Crippen molar-refractivity contribution in [2.45, 2.75) is 58.4 Å². The summed E-state index contributed by atoms with van der Waals surface area (Å²) in [7, 11) is 0. The Morgan fingerprint density at radius 1 is 1.05 bits per heavy atom. The van der Waals surface area contributed by atoms with E-state index < -0.39 is 0 Å². The van der Waals surface area contributed by atoms with Crippen LogP contribution >= 0.6 is 0 Å². The highest BCUT2D eigenvalue weighted by atomic mass is 16.2. The van der Waals surface area contributed by atoms with Gasteiger partial charge in [-0.15, -0.1) is 0 Å². The molecule has 0 bridgehead atoms. The number of anilines is 1. The molecule has 0 radical (unpaired) electrons. The summed E-state index contributed by atoms with van der Waals surface area (Å²) in [6, 6.07) is 9.35. The molecule has 7 nitrogen and oxygen atoms in total. The lowest BCUT2D eigenvalue weighted by Gasteiger charge is -2.40. The summed E-state index contributed by atoms with van der Waals surface area (Å²) in [5.74, 6) is 1.89. The average molecular weight is 501 g/mol. The van der Waals surface area contributed by atoms with Crippen molar-refractivity contribution in [3.05, 3.63) is 48.4 Å². The van der Waals surface area contributed by atoms with Gasteiger partial charge >= 0.3 is 0 Å². The molecule has 2 saturated heterocycles. The maximum absolute atomic E-state index is 12.8. The Labute approximate surface area is 220 Å². The zero-order valence-corrected chi connectivity index (χ0v) is 22.5. The van der Waals surface area contributed by atoms with Crippen LogP contribution in [0.3, 0.4) is 0 Å². The number of likely N-dealkylation sites (tertiary alicyclic amines) is 1. The number of carbonyl (C=O) groups excluding carboxylic acids is 1. The van der Waals surface area contributed by atoms with Gasteiger partial charge in [-0.1, -0.05) is 13.0 Å². The second-order valence-corrected chi connectivity index (χ2v) is 11.8. The van der Waals surface area contributed by atoms with E-state index in [0.29, 0.717) is 23.8 Å². The minimum atomic E-state index is 0.258. The number of pyridine rings is 1. The van der Waals surface area contributed by atoms with Crippen LogP contribution in [0, 0.1) is 11.8 Å². The van der Waals surface area contributed by atoms with Crippen molar-refractivity contribution in [1.29, 1.82) is 0 Å². The summed E-state index contributed by atoms with van der Waals surface area (Å²) in [4.78, 5) is 24.7. The number of carbonyl (C=O) groups is 1. The second-order valence-electron chi connectivity index (χ2n) is 11.8. The summed E-state index contributed by atoms with van der Waals surface area (Å²) in [6.07, 6.45) is 10.7. The average Bonchev–Trinajstić information content (AvgIpc) is 3.36. The fourth-order valence-electron chi connectivity index (χ4n) is 6.50. The number of hydrogen-bond acceptors (Lipinski definition) is 5. The van der Waals surface area contributed by atoms with Gasteiger partial charge in [0, 0.05) is 68.8 Å². The van der Waals surface area contributed by atoms with Gasteiger partial charge in [0.25, 0.3) is 0 Å². The van der Waals surface area contributed by atoms with E-state index in [1.807, 2.05) is 10.7 Å². The zero-order valence-electron chi connectivity index (χ0n) is 22.5. The van der Waals surface area contributed by atoms with Gasteiger partial charge in [-0.05, 0) is 81.7 Å². The first-order chi connectivity index (χ1) is 18.0. The molecule has 1 atom stereocenters. The van der Waals surface area contributed by atoms with E-state index >= 15 is 0 Å². The van der Waals surface area contributed by atoms with Crippen LogP contribution in [0.15, 0.2) is 42.9 Å². The Hall–Kier alpha value is -2.93. The van der Waals surface area contributed by atoms with E-state index in [9.17, 15) is 4.79 Å². The monoisotopic (exact) mass is 500 g/mol. The molecule has 0 N–H and O–H groups in total. The lowest BCUT2D eigenvalue weighted by Crippen LogP contribution is -2.52. The molecule has 1 aliphatic carbocycles. The van der Waals surface area contributed by atoms with Crippen molar-refractivity contribution in [3.63, 3.8) is 0 Å². The van der Waals surface area contributed by atoms with Crippen molar-refractivity contribution in [3.8, 4) is 11.3 Å². The zero-order chi connectivity index (χ0) is 25.5. The van der Waals surface area contributed by atoms with Crippen molar-refractivity contribution < 1.29 is 4.79 Å². The number of amides is 1. The lowest BCUT2D eigenvalue weighted by molar-refractivity contribution is -0.140. The summed E-state index contributed by atoms with van der Waals surface area (Å²) in [5, 5.41) is 4.58. The number of aromatic nitrogens is 3. The molecular formula is C30H40N6O. The number of nitrogens with zero attached hydrogens (tertiary/aromatic N) is 6. The fourth-order valence-corrected chi connectivity index (χ4v) is 6.50. The smallest absolute Gasteiger partial charge is 0.225 e. The van der Waals surface area contributed by atoms with Crippen molar-refractivity contribution >= 4 is 17.1 Å². The minimum absolute atomic E-state index is 0.258. The minimum Gasteiger partial charge on any atom is -0.366 e. The quantitative estimate of drug-likeness (QED) is 0.509. The van der Waals surface area contributed by atoms with Crippen LogP contribution in [0.5, 0.6) is 0 Å². The highest BCUT2D eigenvalue weighted by Gasteiger charge is 2.35. The lowest BCUT2D eigenvalue weighted by atomic mass is 9.75. The van der Waals surface area contributed by atoms with Gasteiger partial charge in [0.15, 0.2) is 0 Å². The van der Waals surface area contributed by atoms with Gasteiger partial charge in [-0.25, -0.2) is 4.52 Å². The maximum Gasteiger partial charge on any atom is 0.225 e. The molecule has 1 saturated carbocycles. The Bertz CT molecular complexity index is 1240. The highest BCUT2D eigenvalue weighted by Crippen LogP contribution is 2.35. The number of piperazine rings is 1. The first kappa shape index (κ1) is 24.4. The summed E-state index contributed by atoms with van der Waals surface area (Å²) >= 11 is 0. The standard InChI is InChI=1S/C30H40N6O/c1-21(2)35-10-4-5-24(19-35)23-6-7-27(31-18-23)26-17-29-28(8-9-32-36(29)20-26)33-11-13-34(14-12-33)30(37)25-15-22(3)16-25/h6-9,17-18,20-22,24-25H,4-5,10-16,19H2,1-3H3/t22-,24-,25-/m0/s1. The van der Waals surface area contributed by atoms with Crippen LogP contribution in [-0.4, -0.2) is 75.6 Å². The third kappa shape index (κ3) is 4.86. The van der Waals surface area contributed by atoms with E-state index in [4.69, 9.17) is 4.98 Å². The van der Waals surface area contributed by atoms with Gasteiger partial charge in [-0.3, -0.25) is 9.78 Å². The van der Waals surface area contributed by atoms with E-state index in [2.05, 4.69) is 77.2 Å². The number of hydrogen-bond donors (Lipinski definition) is 0. The predicted octanol–water partition coefficient (Wildman–Crippen LogP) is 4.68. The molecule has 5 heterocycles. The van der Waals surface area contributed by atoms with Crippen LogP contribution in [0.1, 0.15) is 57.9 Å².